The van der Waals surface area contributed by atoms with Crippen molar-refractivity contribution in [3.63, 3.8) is 0 Å². The number of carbonyl (C=O) groups is 1. The maximum absolute atomic E-state index is 11.5. The second kappa shape index (κ2) is 8.33. The van der Waals surface area contributed by atoms with Crippen molar-refractivity contribution in [2.45, 2.75) is 27.2 Å². The van der Waals surface area contributed by atoms with Gasteiger partial charge in [0.25, 0.3) is 0 Å². The van der Waals surface area contributed by atoms with Gasteiger partial charge in [-0.3, -0.25) is 9.59 Å². The molecule has 0 bridgehead atoms. The van der Waals surface area contributed by atoms with Gasteiger partial charge in [0.1, 0.15) is 6.61 Å². The summed E-state index contributed by atoms with van der Waals surface area (Å²) in [6.07, 6.45) is 4.25. The summed E-state index contributed by atoms with van der Waals surface area (Å²) in [6, 6.07) is 8.71. The van der Waals surface area contributed by atoms with E-state index in [0.29, 0.717) is 17.9 Å². The molecule has 0 spiro atoms. The molecule has 0 fully saturated rings. The van der Waals surface area contributed by atoms with Crippen LogP contribution < -0.4 is 14.9 Å². The number of ketones is 1. The van der Waals surface area contributed by atoms with Crippen LogP contribution in [0.25, 0.3) is 12.3 Å². The molecule has 2 rings (SSSR count). The minimum atomic E-state index is 0.000347. The normalized spacial score (nSPS) is 10.9. The lowest BCUT2D eigenvalue weighted by Crippen LogP contribution is -2.10. The van der Waals surface area contributed by atoms with Crippen LogP contribution in [0.3, 0.4) is 0 Å². The van der Waals surface area contributed by atoms with Crippen LogP contribution in [0.4, 0.5) is 0 Å². The molecule has 0 radical (unpaired) electrons. The van der Waals surface area contributed by atoms with Gasteiger partial charge in [-0.15, -0.1) is 0 Å². The molecule has 1 aromatic carbocycles. The van der Waals surface area contributed by atoms with E-state index in [0.717, 1.165) is 17.0 Å². The highest BCUT2D eigenvalue weighted by Gasteiger charge is 2.07. The Bertz CT molecular complexity index is 823. The van der Waals surface area contributed by atoms with Crippen LogP contribution in [0, 0.1) is 13.8 Å². The van der Waals surface area contributed by atoms with E-state index in [1.54, 1.807) is 32.2 Å². The topological polar surface area (TPSA) is 57.5 Å². The molecule has 5 heteroatoms. The van der Waals surface area contributed by atoms with Crippen molar-refractivity contribution in [3.05, 3.63) is 57.5 Å². The van der Waals surface area contributed by atoms with Gasteiger partial charge in [-0.05, 0) is 37.6 Å². The largest absolute Gasteiger partial charge is 0.493 e. The van der Waals surface area contributed by atoms with Gasteiger partial charge in [-0.25, -0.2) is 0 Å². The molecule has 5 nitrogen and oxygen atoms in total. The van der Waals surface area contributed by atoms with Gasteiger partial charge >= 0.3 is 0 Å². The minimum absolute atomic E-state index is 0.000347. The molecular formula is C20H23NO4. The molecule has 0 aliphatic rings. The third kappa shape index (κ3) is 4.83. The monoisotopic (exact) mass is 341 g/mol. The SMILES string of the molecule is CCC(=O)COc1cc(/C=C/n2c(C)cc(=O)cc2C)ccc1OC. The van der Waals surface area contributed by atoms with Gasteiger partial charge < -0.3 is 14.0 Å². The zero-order valence-electron chi connectivity index (χ0n) is 15.0. The maximum Gasteiger partial charge on any atom is 0.182 e. The lowest BCUT2D eigenvalue weighted by Gasteiger charge is -2.11. The summed E-state index contributed by atoms with van der Waals surface area (Å²) >= 11 is 0. The molecule has 0 aliphatic heterocycles. The number of hydrogen-bond acceptors (Lipinski definition) is 4. The van der Waals surface area contributed by atoms with Gasteiger partial charge in [-0.1, -0.05) is 13.0 Å². The Morgan fingerprint density at radius 2 is 1.80 bits per heavy atom. The summed E-state index contributed by atoms with van der Waals surface area (Å²) in [6.45, 7) is 5.60. The lowest BCUT2D eigenvalue weighted by molar-refractivity contribution is -0.120. The van der Waals surface area contributed by atoms with Crippen molar-refractivity contribution in [1.29, 1.82) is 0 Å². The Hall–Kier alpha value is -2.82. The number of aromatic nitrogens is 1. The third-order valence-corrected chi connectivity index (χ3v) is 3.85. The number of carbonyl (C=O) groups excluding carboxylic acids is 1. The van der Waals surface area contributed by atoms with Crippen LogP contribution in [-0.4, -0.2) is 24.1 Å². The van der Waals surface area contributed by atoms with Crippen LogP contribution in [0.2, 0.25) is 0 Å². The number of ether oxygens (including phenoxy) is 2. The number of aryl methyl sites for hydroxylation is 2. The van der Waals surface area contributed by atoms with Crippen molar-refractivity contribution in [2.24, 2.45) is 0 Å². The standard InChI is InChI=1S/C20H23NO4/c1-5-17(22)13-25-20-12-16(6-7-19(20)24-4)8-9-21-14(2)10-18(23)11-15(21)3/h6-12H,5,13H2,1-4H3/b9-8+. The van der Waals surface area contributed by atoms with E-state index < -0.39 is 0 Å². The van der Waals surface area contributed by atoms with E-state index in [2.05, 4.69) is 0 Å². The molecule has 132 valence electrons. The lowest BCUT2D eigenvalue weighted by atomic mass is 10.2. The molecular weight excluding hydrogens is 318 g/mol. The van der Waals surface area contributed by atoms with Crippen LogP contribution in [0.1, 0.15) is 30.3 Å². The molecule has 0 unspecified atom stereocenters. The summed E-state index contributed by atoms with van der Waals surface area (Å²) in [5.41, 5.74) is 2.62. The Kier molecular flexibility index (Phi) is 6.17. The first-order valence-corrected chi connectivity index (χ1v) is 8.15. The highest BCUT2D eigenvalue weighted by Crippen LogP contribution is 2.28. The predicted molar refractivity (Wildman–Crippen MR) is 99.2 cm³/mol. The molecule has 1 aromatic heterocycles. The first-order valence-electron chi connectivity index (χ1n) is 8.15. The van der Waals surface area contributed by atoms with Crippen molar-refractivity contribution < 1.29 is 14.3 Å². The van der Waals surface area contributed by atoms with Gasteiger partial charge in [0.2, 0.25) is 0 Å². The molecule has 1 heterocycles. The fraction of sp³-hybridized carbons (Fsp3) is 0.300. The summed E-state index contributed by atoms with van der Waals surface area (Å²) in [5.74, 6) is 1.14. The quantitative estimate of drug-likeness (QED) is 0.774. The van der Waals surface area contributed by atoms with E-state index in [1.807, 2.05) is 42.8 Å². The zero-order chi connectivity index (χ0) is 18.4. The van der Waals surface area contributed by atoms with Crippen LogP contribution in [0.15, 0.2) is 35.1 Å². The van der Waals surface area contributed by atoms with E-state index in [1.165, 1.54) is 0 Å². The highest BCUT2D eigenvalue weighted by molar-refractivity contribution is 5.79. The minimum Gasteiger partial charge on any atom is -0.493 e. The Labute approximate surface area is 147 Å². The summed E-state index contributed by atoms with van der Waals surface area (Å²) < 4.78 is 12.8. The second-order valence-corrected chi connectivity index (χ2v) is 5.75. The number of benzene rings is 1. The molecule has 2 aromatic rings. The van der Waals surface area contributed by atoms with Crippen LogP contribution in [0.5, 0.6) is 11.5 Å². The van der Waals surface area contributed by atoms with Gasteiger partial charge in [0.05, 0.1) is 7.11 Å². The Balaban J connectivity index is 2.28. The van der Waals surface area contributed by atoms with E-state index in [-0.39, 0.29) is 17.8 Å². The summed E-state index contributed by atoms with van der Waals surface area (Å²) in [4.78, 5) is 23.0. The Morgan fingerprint density at radius 3 is 2.40 bits per heavy atom. The van der Waals surface area contributed by atoms with Crippen molar-refractivity contribution in [3.8, 4) is 11.5 Å². The number of pyridine rings is 1. The number of Topliss-reactive ketones (excluding diaryl/α,β-unsaturated/α-hetero) is 1. The second-order valence-electron chi connectivity index (χ2n) is 5.75. The molecule has 0 saturated heterocycles. The van der Waals surface area contributed by atoms with E-state index in [9.17, 15) is 9.59 Å². The summed E-state index contributed by atoms with van der Waals surface area (Å²) in [7, 11) is 1.56. The highest BCUT2D eigenvalue weighted by atomic mass is 16.5. The van der Waals surface area contributed by atoms with Crippen LogP contribution >= 0.6 is 0 Å². The average Bonchev–Trinajstić information content (AvgIpc) is 2.58. The van der Waals surface area contributed by atoms with E-state index in [4.69, 9.17) is 9.47 Å². The fourth-order valence-electron chi connectivity index (χ4n) is 2.44. The van der Waals surface area contributed by atoms with E-state index >= 15 is 0 Å². The third-order valence-electron chi connectivity index (χ3n) is 3.85. The summed E-state index contributed by atoms with van der Waals surface area (Å²) in [5, 5.41) is 0. The number of methoxy groups -OCH3 is 1. The number of nitrogens with zero attached hydrogens (tertiary/aromatic N) is 1. The zero-order valence-corrected chi connectivity index (χ0v) is 15.0. The van der Waals surface area contributed by atoms with Gasteiger partial charge in [0, 0.05) is 36.1 Å². The van der Waals surface area contributed by atoms with Crippen molar-refractivity contribution >= 4 is 18.1 Å². The smallest absolute Gasteiger partial charge is 0.182 e. The van der Waals surface area contributed by atoms with Crippen molar-refractivity contribution in [1.82, 2.24) is 4.57 Å². The number of rotatable bonds is 7. The fourth-order valence-corrected chi connectivity index (χ4v) is 2.44. The molecule has 0 atom stereocenters. The average molecular weight is 341 g/mol. The number of hydrogen-bond donors (Lipinski definition) is 0. The maximum atomic E-state index is 11.5. The first kappa shape index (κ1) is 18.5. The van der Waals surface area contributed by atoms with Crippen LogP contribution in [-0.2, 0) is 4.79 Å². The molecule has 0 amide bonds. The van der Waals surface area contributed by atoms with Gasteiger partial charge in [0.15, 0.2) is 22.7 Å². The van der Waals surface area contributed by atoms with Crippen molar-refractivity contribution in [2.75, 3.05) is 13.7 Å². The van der Waals surface area contributed by atoms with Gasteiger partial charge in [-0.2, -0.15) is 0 Å². The Morgan fingerprint density at radius 1 is 1.12 bits per heavy atom. The molecule has 0 N–H and O–H groups in total. The molecule has 25 heavy (non-hydrogen) atoms. The molecule has 0 aliphatic carbocycles. The predicted octanol–water partition coefficient (Wildman–Crippen LogP) is 3.46. The first-order chi connectivity index (χ1) is 11.9. The molecule has 0 saturated carbocycles.